The Kier molecular flexibility index (Phi) is 5.31. The maximum atomic E-state index is 13.8. The number of likely N-dealkylation sites (N-methyl/N-ethyl adjacent to an activating group) is 1. The van der Waals surface area contributed by atoms with Crippen molar-refractivity contribution in [3.05, 3.63) is 35.1 Å². The van der Waals surface area contributed by atoms with Gasteiger partial charge in [0.1, 0.15) is 5.82 Å². The summed E-state index contributed by atoms with van der Waals surface area (Å²) in [5.74, 6) is -0.143. The molecule has 2 N–H and O–H groups in total. The molecule has 0 aromatic heterocycles. The largest absolute Gasteiger partial charge is 0.326 e. The molecule has 4 heteroatoms. The average Bonchev–Trinajstić information content (AvgIpc) is 2.92. The van der Waals surface area contributed by atoms with Gasteiger partial charge in [0.15, 0.2) is 0 Å². The van der Waals surface area contributed by atoms with E-state index in [1.165, 1.54) is 25.9 Å². The molecule has 0 atom stereocenters. The fourth-order valence-electron chi connectivity index (χ4n) is 2.53. The van der Waals surface area contributed by atoms with Gasteiger partial charge in [0, 0.05) is 31.7 Å². The van der Waals surface area contributed by atoms with Crippen molar-refractivity contribution >= 4 is 0 Å². The van der Waals surface area contributed by atoms with Crippen LogP contribution in [0, 0.1) is 5.82 Å². The summed E-state index contributed by atoms with van der Waals surface area (Å²) in [5.41, 5.74) is 7.10. The molecule has 1 aromatic carbocycles. The Morgan fingerprint density at radius 2 is 2.05 bits per heavy atom. The van der Waals surface area contributed by atoms with E-state index in [-0.39, 0.29) is 5.82 Å². The SMILES string of the molecule is CN(CCN1CCCC1)Cc1ccc(CN)cc1F. The second kappa shape index (κ2) is 6.98. The number of rotatable bonds is 6. The van der Waals surface area contributed by atoms with Gasteiger partial charge in [-0.2, -0.15) is 0 Å². The van der Waals surface area contributed by atoms with Gasteiger partial charge in [0.2, 0.25) is 0 Å². The van der Waals surface area contributed by atoms with E-state index in [1.807, 2.05) is 19.2 Å². The van der Waals surface area contributed by atoms with Crippen LogP contribution in [0.25, 0.3) is 0 Å². The molecular weight excluding hydrogens is 241 g/mol. The Balaban J connectivity index is 1.82. The monoisotopic (exact) mass is 265 g/mol. The van der Waals surface area contributed by atoms with Gasteiger partial charge in [-0.3, -0.25) is 0 Å². The highest BCUT2D eigenvalue weighted by Gasteiger charge is 2.12. The lowest BCUT2D eigenvalue weighted by molar-refractivity contribution is 0.250. The van der Waals surface area contributed by atoms with E-state index in [4.69, 9.17) is 5.73 Å². The highest BCUT2D eigenvalue weighted by atomic mass is 19.1. The standard InChI is InChI=1S/C15H24FN3/c1-18(8-9-19-6-2-3-7-19)12-14-5-4-13(11-17)10-15(14)16/h4-5,10H,2-3,6-9,11-12,17H2,1H3. The van der Waals surface area contributed by atoms with Gasteiger partial charge < -0.3 is 15.5 Å². The number of nitrogens with zero attached hydrogens (tertiary/aromatic N) is 2. The molecule has 0 bridgehead atoms. The van der Waals surface area contributed by atoms with Crippen LogP contribution in [-0.2, 0) is 13.1 Å². The third-order valence-electron chi connectivity index (χ3n) is 3.79. The van der Waals surface area contributed by atoms with Crippen LogP contribution in [0.5, 0.6) is 0 Å². The van der Waals surface area contributed by atoms with Crippen molar-refractivity contribution in [2.75, 3.05) is 33.2 Å². The Morgan fingerprint density at radius 3 is 2.68 bits per heavy atom. The van der Waals surface area contributed by atoms with E-state index < -0.39 is 0 Å². The molecule has 1 fully saturated rings. The first-order valence-electron chi connectivity index (χ1n) is 7.07. The molecule has 0 aliphatic carbocycles. The second-order valence-electron chi connectivity index (χ2n) is 5.42. The molecule has 0 unspecified atom stereocenters. The Bertz CT molecular complexity index is 402. The van der Waals surface area contributed by atoms with Crippen molar-refractivity contribution in [1.29, 1.82) is 0 Å². The van der Waals surface area contributed by atoms with Crippen LogP contribution in [0.4, 0.5) is 4.39 Å². The molecule has 1 aliphatic heterocycles. The zero-order chi connectivity index (χ0) is 13.7. The summed E-state index contributed by atoms with van der Waals surface area (Å²) in [7, 11) is 2.05. The topological polar surface area (TPSA) is 32.5 Å². The molecule has 0 amide bonds. The molecular formula is C15H24FN3. The quantitative estimate of drug-likeness (QED) is 0.851. The van der Waals surface area contributed by atoms with Crippen LogP contribution in [-0.4, -0.2) is 43.0 Å². The maximum Gasteiger partial charge on any atom is 0.128 e. The van der Waals surface area contributed by atoms with E-state index >= 15 is 0 Å². The Labute approximate surface area is 115 Å². The second-order valence-corrected chi connectivity index (χ2v) is 5.42. The molecule has 0 saturated carbocycles. The van der Waals surface area contributed by atoms with Crippen molar-refractivity contribution in [3.8, 4) is 0 Å². The molecule has 0 spiro atoms. The number of nitrogens with two attached hydrogens (primary N) is 1. The normalized spacial score (nSPS) is 16.4. The van der Waals surface area contributed by atoms with Crippen LogP contribution < -0.4 is 5.73 Å². The van der Waals surface area contributed by atoms with Gasteiger partial charge in [-0.1, -0.05) is 12.1 Å². The summed E-state index contributed by atoms with van der Waals surface area (Å²) in [6, 6.07) is 5.31. The molecule has 1 heterocycles. The minimum atomic E-state index is -0.143. The first-order valence-corrected chi connectivity index (χ1v) is 7.07. The summed E-state index contributed by atoms with van der Waals surface area (Å²) in [4.78, 5) is 4.66. The Hall–Kier alpha value is -0.970. The summed E-state index contributed by atoms with van der Waals surface area (Å²) in [6.07, 6.45) is 2.64. The summed E-state index contributed by atoms with van der Waals surface area (Å²) >= 11 is 0. The van der Waals surface area contributed by atoms with Crippen LogP contribution in [0.3, 0.4) is 0 Å². The minimum absolute atomic E-state index is 0.143. The van der Waals surface area contributed by atoms with E-state index in [9.17, 15) is 4.39 Å². The number of benzene rings is 1. The number of halogens is 1. The van der Waals surface area contributed by atoms with Crippen molar-refractivity contribution < 1.29 is 4.39 Å². The first kappa shape index (κ1) is 14.4. The lowest BCUT2D eigenvalue weighted by Gasteiger charge is -2.21. The van der Waals surface area contributed by atoms with E-state index in [0.29, 0.717) is 13.1 Å². The van der Waals surface area contributed by atoms with E-state index in [0.717, 1.165) is 24.2 Å². The highest BCUT2D eigenvalue weighted by Crippen LogP contribution is 2.13. The summed E-state index contributed by atoms with van der Waals surface area (Å²) in [5, 5.41) is 0. The average molecular weight is 265 g/mol. The van der Waals surface area contributed by atoms with Crippen molar-refractivity contribution in [3.63, 3.8) is 0 Å². The number of hydrogen-bond acceptors (Lipinski definition) is 3. The fraction of sp³-hybridized carbons (Fsp3) is 0.600. The molecule has 2 rings (SSSR count). The predicted molar refractivity (Wildman–Crippen MR) is 76.3 cm³/mol. The van der Waals surface area contributed by atoms with E-state index in [2.05, 4.69) is 9.80 Å². The van der Waals surface area contributed by atoms with Crippen LogP contribution in [0.2, 0.25) is 0 Å². The van der Waals surface area contributed by atoms with Gasteiger partial charge in [-0.25, -0.2) is 4.39 Å². The maximum absolute atomic E-state index is 13.8. The third-order valence-corrected chi connectivity index (χ3v) is 3.79. The van der Waals surface area contributed by atoms with Crippen LogP contribution in [0.15, 0.2) is 18.2 Å². The Morgan fingerprint density at radius 1 is 1.32 bits per heavy atom. The minimum Gasteiger partial charge on any atom is -0.326 e. The summed E-state index contributed by atoms with van der Waals surface area (Å²) in [6.45, 7) is 5.55. The van der Waals surface area contributed by atoms with Crippen molar-refractivity contribution in [2.45, 2.75) is 25.9 Å². The number of likely N-dealkylation sites (tertiary alicyclic amines) is 1. The predicted octanol–water partition coefficient (Wildman–Crippen LogP) is 1.81. The highest BCUT2D eigenvalue weighted by molar-refractivity contribution is 5.24. The van der Waals surface area contributed by atoms with Crippen molar-refractivity contribution in [2.24, 2.45) is 5.73 Å². The zero-order valence-electron chi connectivity index (χ0n) is 11.7. The number of hydrogen-bond donors (Lipinski definition) is 1. The molecule has 1 aromatic rings. The third kappa shape index (κ3) is 4.27. The van der Waals surface area contributed by atoms with Crippen molar-refractivity contribution in [1.82, 2.24) is 9.80 Å². The van der Waals surface area contributed by atoms with Gasteiger partial charge in [0.25, 0.3) is 0 Å². The molecule has 19 heavy (non-hydrogen) atoms. The molecule has 1 saturated heterocycles. The summed E-state index contributed by atoms with van der Waals surface area (Å²) < 4.78 is 13.8. The zero-order valence-corrected chi connectivity index (χ0v) is 11.7. The van der Waals surface area contributed by atoms with Crippen LogP contribution >= 0.6 is 0 Å². The van der Waals surface area contributed by atoms with Gasteiger partial charge >= 0.3 is 0 Å². The molecule has 106 valence electrons. The van der Waals surface area contributed by atoms with Crippen LogP contribution in [0.1, 0.15) is 24.0 Å². The lowest BCUT2D eigenvalue weighted by Crippen LogP contribution is -2.31. The fourth-order valence-corrected chi connectivity index (χ4v) is 2.53. The molecule has 0 radical (unpaired) electrons. The molecule has 3 nitrogen and oxygen atoms in total. The molecule has 1 aliphatic rings. The smallest absolute Gasteiger partial charge is 0.128 e. The lowest BCUT2D eigenvalue weighted by atomic mass is 10.1. The van der Waals surface area contributed by atoms with Gasteiger partial charge in [-0.15, -0.1) is 0 Å². The van der Waals surface area contributed by atoms with Gasteiger partial charge in [0.05, 0.1) is 0 Å². The van der Waals surface area contributed by atoms with Gasteiger partial charge in [-0.05, 0) is 44.6 Å². The first-order chi connectivity index (χ1) is 9.19. The van der Waals surface area contributed by atoms with E-state index in [1.54, 1.807) is 6.07 Å².